The summed E-state index contributed by atoms with van der Waals surface area (Å²) < 4.78 is 47.4. The van der Waals surface area contributed by atoms with Crippen LogP contribution in [-0.2, 0) is 11.3 Å². The van der Waals surface area contributed by atoms with Crippen molar-refractivity contribution in [3.8, 4) is 5.88 Å². The minimum Gasteiger partial charge on any atom is -0.473 e. The Labute approximate surface area is 186 Å². The van der Waals surface area contributed by atoms with Gasteiger partial charge < -0.3 is 4.74 Å². The third-order valence-corrected chi connectivity index (χ3v) is 6.27. The average molecular weight is 510 g/mol. The van der Waals surface area contributed by atoms with Gasteiger partial charge in [0.2, 0.25) is 17.7 Å². The zero-order valence-electron chi connectivity index (χ0n) is 16.3. The molecule has 1 amide bonds. The number of carbonyl (C=O) groups excluding carboxylic acids is 1. The first kappa shape index (κ1) is 20.9. The second-order valence-electron chi connectivity index (χ2n) is 8.04. The van der Waals surface area contributed by atoms with Crippen LogP contribution in [0.1, 0.15) is 19.3 Å². The predicted octanol–water partition coefficient (Wildman–Crippen LogP) is 3.29. The molecule has 2 fully saturated rings. The summed E-state index contributed by atoms with van der Waals surface area (Å²) in [6.45, 7) is -0.478. The van der Waals surface area contributed by atoms with Crippen molar-refractivity contribution in [2.24, 2.45) is 5.41 Å². The maximum atomic E-state index is 13.5. The van der Waals surface area contributed by atoms with Crippen molar-refractivity contribution >= 4 is 38.6 Å². The Morgan fingerprint density at radius 2 is 1.94 bits per heavy atom. The Bertz CT molecular complexity index is 1290. The highest BCUT2D eigenvalue weighted by Crippen LogP contribution is 2.71. The van der Waals surface area contributed by atoms with E-state index < -0.39 is 41.3 Å². The SMILES string of the molecule is O=C(Cn1nc(O[C@H]2C[C@@]3(CC3(F)F)C2)c2cc(Br)ccc2c1=O)Nc1ncc(F)cn1. The van der Waals surface area contributed by atoms with Crippen LogP contribution in [0, 0.1) is 11.2 Å². The van der Waals surface area contributed by atoms with Gasteiger partial charge >= 0.3 is 0 Å². The van der Waals surface area contributed by atoms with Gasteiger partial charge in [-0.05, 0) is 31.0 Å². The number of nitrogens with zero attached hydrogens (tertiary/aromatic N) is 4. The van der Waals surface area contributed by atoms with Crippen LogP contribution in [-0.4, -0.2) is 37.7 Å². The van der Waals surface area contributed by atoms with E-state index in [1.165, 1.54) is 0 Å². The molecule has 3 aromatic rings. The van der Waals surface area contributed by atoms with Crippen LogP contribution in [0.2, 0.25) is 0 Å². The van der Waals surface area contributed by atoms with Gasteiger partial charge in [0.1, 0.15) is 12.6 Å². The summed E-state index contributed by atoms with van der Waals surface area (Å²) in [6, 6.07) is 4.87. The molecule has 12 heteroatoms. The second kappa shape index (κ2) is 7.26. The predicted molar refractivity (Wildman–Crippen MR) is 110 cm³/mol. The first-order chi connectivity index (χ1) is 15.2. The standard InChI is InChI=1S/C20H15BrF3N5O3/c21-10-1-2-13-14(3-10)16(32-12-4-19(5-12)9-20(19,23)24)28-29(17(13)31)8-15(30)27-18-25-6-11(22)7-26-18/h1-3,6-7,12H,4-5,8-9H2,(H,25,26,27,30)/t12-,19-. The van der Waals surface area contributed by atoms with E-state index in [4.69, 9.17) is 4.74 Å². The number of rotatable bonds is 5. The van der Waals surface area contributed by atoms with Gasteiger partial charge in [-0.2, -0.15) is 0 Å². The highest BCUT2D eigenvalue weighted by atomic mass is 79.9. The Hall–Kier alpha value is -3.02. The largest absolute Gasteiger partial charge is 0.473 e. The number of hydrogen-bond donors (Lipinski definition) is 1. The summed E-state index contributed by atoms with van der Waals surface area (Å²) in [5.74, 6) is -4.02. The van der Waals surface area contributed by atoms with E-state index in [-0.39, 0.29) is 36.5 Å². The molecule has 8 nitrogen and oxygen atoms in total. The monoisotopic (exact) mass is 509 g/mol. The third-order valence-electron chi connectivity index (χ3n) is 5.78. The molecule has 32 heavy (non-hydrogen) atoms. The van der Waals surface area contributed by atoms with Crippen LogP contribution >= 0.6 is 15.9 Å². The van der Waals surface area contributed by atoms with Gasteiger partial charge in [-0.1, -0.05) is 15.9 Å². The van der Waals surface area contributed by atoms with Gasteiger partial charge in [-0.15, -0.1) is 5.10 Å². The number of ether oxygens (including phenoxy) is 1. The highest BCUT2D eigenvalue weighted by Gasteiger charge is 2.76. The average Bonchev–Trinajstić information content (AvgIpc) is 3.29. The second-order valence-corrected chi connectivity index (χ2v) is 8.96. The number of nitrogens with one attached hydrogen (secondary N) is 1. The topological polar surface area (TPSA) is 99.0 Å². The lowest BCUT2D eigenvalue weighted by Crippen LogP contribution is -2.39. The molecule has 2 aliphatic carbocycles. The molecular weight excluding hydrogens is 495 g/mol. The zero-order valence-corrected chi connectivity index (χ0v) is 17.9. The third kappa shape index (κ3) is 3.61. The maximum Gasteiger partial charge on any atom is 0.275 e. The quantitative estimate of drug-likeness (QED) is 0.566. The molecule has 2 aliphatic rings. The van der Waals surface area contributed by atoms with E-state index in [0.717, 1.165) is 17.1 Å². The van der Waals surface area contributed by atoms with Crippen molar-refractivity contribution < 1.29 is 22.7 Å². The molecule has 0 unspecified atom stereocenters. The summed E-state index contributed by atoms with van der Waals surface area (Å²) in [6.07, 6.45) is 1.61. The van der Waals surface area contributed by atoms with Gasteiger partial charge in [0.15, 0.2) is 5.82 Å². The first-order valence-electron chi connectivity index (χ1n) is 9.68. The number of alkyl halides is 2. The molecular formula is C20H15BrF3N5O3. The van der Waals surface area contributed by atoms with Gasteiger partial charge in [0, 0.05) is 16.3 Å². The summed E-state index contributed by atoms with van der Waals surface area (Å²) in [5.41, 5.74) is -1.51. The molecule has 0 bridgehead atoms. The van der Waals surface area contributed by atoms with E-state index in [0.29, 0.717) is 9.86 Å². The molecule has 1 spiro atoms. The van der Waals surface area contributed by atoms with Crippen LogP contribution in [0.4, 0.5) is 19.1 Å². The fraction of sp³-hybridized carbons (Fsp3) is 0.350. The van der Waals surface area contributed by atoms with Gasteiger partial charge in [-0.3, -0.25) is 14.9 Å². The Morgan fingerprint density at radius 1 is 1.25 bits per heavy atom. The van der Waals surface area contributed by atoms with Crippen molar-refractivity contribution in [1.82, 2.24) is 19.7 Å². The number of anilines is 1. The van der Waals surface area contributed by atoms with Crippen molar-refractivity contribution in [1.29, 1.82) is 0 Å². The summed E-state index contributed by atoms with van der Waals surface area (Å²) in [4.78, 5) is 32.5. The van der Waals surface area contributed by atoms with E-state index in [1.807, 2.05) is 0 Å². The molecule has 0 saturated heterocycles. The lowest BCUT2D eigenvalue weighted by atomic mass is 9.78. The van der Waals surface area contributed by atoms with E-state index in [1.54, 1.807) is 18.2 Å². The minimum absolute atomic E-state index is 0.0792. The highest BCUT2D eigenvalue weighted by molar-refractivity contribution is 9.10. The molecule has 0 atom stereocenters. The lowest BCUT2D eigenvalue weighted by molar-refractivity contribution is -0.117. The molecule has 2 aromatic heterocycles. The first-order valence-corrected chi connectivity index (χ1v) is 10.5. The number of halogens is 4. The van der Waals surface area contributed by atoms with E-state index in [2.05, 4.69) is 36.3 Å². The number of amides is 1. The normalized spacial score (nSPS) is 23.1. The van der Waals surface area contributed by atoms with Gasteiger partial charge in [0.25, 0.3) is 11.5 Å². The van der Waals surface area contributed by atoms with Gasteiger partial charge in [0.05, 0.1) is 23.2 Å². The molecule has 2 saturated carbocycles. The summed E-state index contributed by atoms with van der Waals surface area (Å²) >= 11 is 3.34. The number of aromatic nitrogens is 4. The van der Waals surface area contributed by atoms with Crippen molar-refractivity contribution in [2.45, 2.75) is 37.8 Å². The molecule has 5 rings (SSSR count). The van der Waals surface area contributed by atoms with Crippen LogP contribution in [0.15, 0.2) is 39.9 Å². The lowest BCUT2D eigenvalue weighted by Gasteiger charge is -2.35. The maximum absolute atomic E-state index is 13.5. The molecule has 1 N–H and O–H groups in total. The fourth-order valence-corrected chi connectivity index (χ4v) is 4.34. The number of benzene rings is 1. The molecule has 0 radical (unpaired) electrons. The number of fused-ring (bicyclic) bond motifs is 1. The molecule has 0 aliphatic heterocycles. The van der Waals surface area contributed by atoms with E-state index in [9.17, 15) is 22.8 Å². The van der Waals surface area contributed by atoms with Crippen molar-refractivity contribution in [2.75, 3.05) is 5.32 Å². The minimum atomic E-state index is -2.65. The van der Waals surface area contributed by atoms with Crippen LogP contribution in [0.25, 0.3) is 10.8 Å². The number of carbonyl (C=O) groups is 1. The molecule has 1 aromatic carbocycles. The van der Waals surface area contributed by atoms with Crippen LogP contribution in [0.3, 0.4) is 0 Å². The van der Waals surface area contributed by atoms with Crippen molar-refractivity contribution in [3.05, 3.63) is 51.2 Å². The van der Waals surface area contributed by atoms with Crippen LogP contribution < -0.4 is 15.6 Å². The molecule has 166 valence electrons. The number of hydrogen-bond acceptors (Lipinski definition) is 6. The summed E-state index contributed by atoms with van der Waals surface area (Å²) in [5, 5.41) is 7.20. The van der Waals surface area contributed by atoms with Crippen molar-refractivity contribution in [3.63, 3.8) is 0 Å². The summed E-state index contributed by atoms with van der Waals surface area (Å²) in [7, 11) is 0. The fourth-order valence-electron chi connectivity index (χ4n) is 3.98. The Balaban J connectivity index is 1.41. The Morgan fingerprint density at radius 3 is 2.59 bits per heavy atom. The van der Waals surface area contributed by atoms with Gasteiger partial charge in [-0.25, -0.2) is 27.8 Å². The smallest absolute Gasteiger partial charge is 0.275 e. The zero-order chi connectivity index (χ0) is 22.7. The van der Waals surface area contributed by atoms with Crippen LogP contribution in [0.5, 0.6) is 5.88 Å². The van der Waals surface area contributed by atoms with E-state index >= 15 is 0 Å². The Kier molecular flexibility index (Phi) is 4.73. The molecule has 2 heterocycles.